The van der Waals surface area contributed by atoms with Crippen LogP contribution in [0, 0.1) is 0 Å². The van der Waals surface area contributed by atoms with Gasteiger partial charge in [0, 0.05) is 42.7 Å². The number of methoxy groups -OCH3 is 2. The lowest BCUT2D eigenvalue weighted by Crippen LogP contribution is -2.42. The third-order valence-electron chi connectivity index (χ3n) is 6.53. The molecule has 0 fully saturated rings. The molecule has 39 heavy (non-hydrogen) atoms. The van der Waals surface area contributed by atoms with Crippen LogP contribution >= 0.6 is 11.8 Å². The Hall–Kier alpha value is -4.31. The number of anilines is 1. The third-order valence-corrected chi connectivity index (χ3v) is 7.76. The smallest absolute Gasteiger partial charge is 0.240 e. The van der Waals surface area contributed by atoms with E-state index in [4.69, 9.17) is 14.6 Å². The summed E-state index contributed by atoms with van der Waals surface area (Å²) in [6, 6.07) is 19.2. The van der Waals surface area contributed by atoms with Gasteiger partial charge in [0.15, 0.2) is 0 Å². The predicted molar refractivity (Wildman–Crippen MR) is 151 cm³/mol. The third kappa shape index (κ3) is 5.46. The Morgan fingerprint density at radius 2 is 1.92 bits per heavy atom. The summed E-state index contributed by atoms with van der Waals surface area (Å²) < 4.78 is 12.9. The van der Waals surface area contributed by atoms with Gasteiger partial charge in [0.2, 0.25) is 11.8 Å². The lowest BCUT2D eigenvalue weighted by molar-refractivity contribution is -0.123. The minimum Gasteiger partial charge on any atom is -0.497 e. The van der Waals surface area contributed by atoms with Gasteiger partial charge >= 0.3 is 0 Å². The number of benzene rings is 2. The topological polar surface area (TPSA) is 98.6 Å². The van der Waals surface area contributed by atoms with Crippen molar-refractivity contribution in [2.24, 2.45) is 7.05 Å². The number of aryl methyl sites for hydroxylation is 1. The van der Waals surface area contributed by atoms with Gasteiger partial charge in [-0.25, -0.2) is 0 Å². The number of amides is 2. The second-order valence-electron chi connectivity index (χ2n) is 8.99. The summed E-state index contributed by atoms with van der Waals surface area (Å²) in [6.07, 6.45) is 3.38. The summed E-state index contributed by atoms with van der Waals surface area (Å²) in [5.41, 5.74) is 4.24. The summed E-state index contributed by atoms with van der Waals surface area (Å²) in [7, 11) is 5.04. The fourth-order valence-electron chi connectivity index (χ4n) is 4.69. The molecule has 1 atom stereocenters. The molecule has 1 N–H and O–H groups in total. The number of hydrogen-bond donors (Lipinski definition) is 1. The molecule has 0 radical (unpaired) electrons. The van der Waals surface area contributed by atoms with E-state index in [9.17, 15) is 9.59 Å². The first-order valence-electron chi connectivity index (χ1n) is 12.4. The van der Waals surface area contributed by atoms with Crippen LogP contribution in [0.2, 0.25) is 0 Å². The van der Waals surface area contributed by atoms with Gasteiger partial charge in [-0.15, -0.1) is 11.8 Å². The van der Waals surface area contributed by atoms with Gasteiger partial charge in [-0.05, 0) is 29.8 Å². The van der Waals surface area contributed by atoms with Gasteiger partial charge in [-0.3, -0.25) is 24.2 Å². The van der Waals surface area contributed by atoms with Crippen molar-refractivity contribution in [3.05, 3.63) is 89.7 Å². The van der Waals surface area contributed by atoms with E-state index in [1.807, 2.05) is 60.7 Å². The summed E-state index contributed by atoms with van der Waals surface area (Å²) in [4.78, 5) is 32.3. The van der Waals surface area contributed by atoms with Crippen molar-refractivity contribution < 1.29 is 19.1 Å². The standard InChI is InChI=1S/C29H29N5O4S/c1-33-29-26(27(32-33)20-9-5-4-6-10-20)28(22-14-21(37-2)11-12-23(22)38-3)39-18-25(36)34(29)17-24(35)31-16-19-8-7-13-30-15-19/h4-15,28H,16-18H2,1-3H3,(H,31,35)/t28-/m1/s1. The lowest BCUT2D eigenvalue weighted by atomic mass is 9.98. The first-order chi connectivity index (χ1) is 19.0. The number of thioether (sulfide) groups is 1. The van der Waals surface area contributed by atoms with Crippen LogP contribution in [0.4, 0.5) is 5.82 Å². The van der Waals surface area contributed by atoms with E-state index in [1.54, 1.807) is 38.3 Å². The van der Waals surface area contributed by atoms with Gasteiger partial charge < -0.3 is 14.8 Å². The molecule has 0 aliphatic carbocycles. The van der Waals surface area contributed by atoms with Crippen LogP contribution in [0.15, 0.2) is 73.1 Å². The average molecular weight is 544 g/mol. The summed E-state index contributed by atoms with van der Waals surface area (Å²) >= 11 is 1.48. The Labute approximate surface area is 231 Å². The van der Waals surface area contributed by atoms with Crippen LogP contribution in [-0.4, -0.2) is 53.1 Å². The molecule has 0 saturated heterocycles. The molecule has 2 amide bonds. The number of carbonyl (C=O) groups is 2. The first-order valence-corrected chi connectivity index (χ1v) is 13.5. The molecule has 1 aliphatic heterocycles. The van der Waals surface area contributed by atoms with E-state index in [-0.39, 0.29) is 29.4 Å². The molecule has 2 aromatic heterocycles. The van der Waals surface area contributed by atoms with Crippen LogP contribution < -0.4 is 19.7 Å². The van der Waals surface area contributed by atoms with Crippen LogP contribution in [0.3, 0.4) is 0 Å². The van der Waals surface area contributed by atoms with Crippen LogP contribution in [0.25, 0.3) is 11.3 Å². The molecule has 0 spiro atoms. The highest BCUT2D eigenvalue weighted by Gasteiger charge is 2.37. The Bertz CT molecular complexity index is 1480. The molecule has 0 bridgehead atoms. The molecular formula is C29H29N5O4S. The van der Waals surface area contributed by atoms with Crippen LogP contribution in [-0.2, 0) is 23.2 Å². The largest absolute Gasteiger partial charge is 0.497 e. The van der Waals surface area contributed by atoms with Gasteiger partial charge in [-0.2, -0.15) is 5.10 Å². The highest BCUT2D eigenvalue weighted by molar-refractivity contribution is 8.00. The minimum absolute atomic E-state index is 0.137. The SMILES string of the molecule is COc1ccc(OC)c([C@H]2SCC(=O)N(CC(=O)NCc3cccnc3)c3c2c(-c2ccccc2)nn3C)c1. The zero-order valence-corrected chi connectivity index (χ0v) is 22.8. The predicted octanol–water partition coefficient (Wildman–Crippen LogP) is 3.98. The van der Waals surface area contributed by atoms with Crippen molar-refractivity contribution in [3.8, 4) is 22.8 Å². The molecule has 3 heterocycles. The van der Waals surface area contributed by atoms with Crippen LogP contribution in [0.1, 0.15) is 21.9 Å². The van der Waals surface area contributed by atoms with Gasteiger partial charge in [0.1, 0.15) is 23.9 Å². The highest BCUT2D eigenvalue weighted by atomic mass is 32.2. The summed E-state index contributed by atoms with van der Waals surface area (Å²) in [6.45, 7) is 0.184. The number of ether oxygens (including phenoxy) is 2. The zero-order valence-electron chi connectivity index (χ0n) is 22.0. The van der Waals surface area contributed by atoms with Crippen molar-refractivity contribution in [3.63, 3.8) is 0 Å². The number of rotatable bonds is 8. The fraction of sp³-hybridized carbons (Fsp3) is 0.241. The second-order valence-corrected chi connectivity index (χ2v) is 10.1. The van der Waals surface area contributed by atoms with Gasteiger partial charge in [0.05, 0.1) is 30.9 Å². The normalized spacial score (nSPS) is 14.9. The maximum Gasteiger partial charge on any atom is 0.240 e. The number of aromatic nitrogens is 3. The van der Waals surface area contributed by atoms with Gasteiger partial charge in [0.25, 0.3) is 0 Å². The Balaban J connectivity index is 1.59. The van der Waals surface area contributed by atoms with Crippen molar-refractivity contribution in [1.82, 2.24) is 20.1 Å². The zero-order chi connectivity index (χ0) is 27.4. The monoisotopic (exact) mass is 543 g/mol. The maximum atomic E-state index is 13.6. The number of fused-ring (bicyclic) bond motifs is 1. The average Bonchev–Trinajstić information content (AvgIpc) is 3.24. The van der Waals surface area contributed by atoms with Gasteiger partial charge in [-0.1, -0.05) is 36.4 Å². The molecule has 5 rings (SSSR count). The summed E-state index contributed by atoms with van der Waals surface area (Å²) in [5, 5.41) is 7.46. The molecule has 2 aromatic carbocycles. The lowest BCUT2D eigenvalue weighted by Gasteiger charge is -2.23. The first kappa shape index (κ1) is 26.3. The molecule has 0 unspecified atom stereocenters. The fourth-order valence-corrected chi connectivity index (χ4v) is 5.90. The van der Waals surface area contributed by atoms with Crippen LogP contribution in [0.5, 0.6) is 11.5 Å². The van der Waals surface area contributed by atoms with E-state index in [2.05, 4.69) is 10.3 Å². The Morgan fingerprint density at radius 3 is 2.64 bits per heavy atom. The molecule has 9 nitrogen and oxygen atoms in total. The van der Waals surface area contributed by atoms with Crippen molar-refractivity contribution in [2.75, 3.05) is 31.4 Å². The Morgan fingerprint density at radius 1 is 1.10 bits per heavy atom. The Kier molecular flexibility index (Phi) is 7.83. The van der Waals surface area contributed by atoms with E-state index in [0.29, 0.717) is 23.9 Å². The summed E-state index contributed by atoms with van der Waals surface area (Å²) in [5.74, 6) is 1.66. The number of pyridine rings is 1. The van der Waals surface area contributed by atoms with Crippen molar-refractivity contribution in [2.45, 2.75) is 11.8 Å². The molecular weight excluding hydrogens is 514 g/mol. The van der Waals surface area contributed by atoms with E-state index < -0.39 is 0 Å². The molecule has 4 aromatic rings. The minimum atomic E-state index is -0.304. The number of nitrogens with one attached hydrogen (secondary N) is 1. The number of nitrogens with zero attached hydrogens (tertiary/aromatic N) is 4. The maximum absolute atomic E-state index is 13.6. The second kappa shape index (κ2) is 11.6. The highest BCUT2D eigenvalue weighted by Crippen LogP contribution is 2.50. The molecule has 10 heteroatoms. The molecule has 200 valence electrons. The molecule has 0 saturated carbocycles. The van der Waals surface area contributed by atoms with Crippen molar-refractivity contribution in [1.29, 1.82) is 0 Å². The van der Waals surface area contributed by atoms with E-state index in [0.717, 1.165) is 27.9 Å². The number of carbonyl (C=O) groups excluding carboxylic acids is 2. The quantitative estimate of drug-likeness (QED) is 0.359. The van der Waals surface area contributed by atoms with E-state index >= 15 is 0 Å². The number of hydrogen-bond acceptors (Lipinski definition) is 7. The van der Waals surface area contributed by atoms with Crippen molar-refractivity contribution >= 4 is 29.4 Å². The van der Waals surface area contributed by atoms with E-state index in [1.165, 1.54) is 16.7 Å². The molecule has 1 aliphatic rings.